The summed E-state index contributed by atoms with van der Waals surface area (Å²) in [4.78, 5) is 2.22. The van der Waals surface area contributed by atoms with Crippen LogP contribution in [0, 0.1) is 0 Å². The fourth-order valence-electron chi connectivity index (χ4n) is 2.44. The van der Waals surface area contributed by atoms with E-state index in [1.807, 2.05) is 36.4 Å². The average Bonchev–Trinajstić information content (AvgIpc) is 2.99. The molecule has 0 unspecified atom stereocenters. The number of hydrogen-bond donors (Lipinski definition) is 1. The molecule has 19 heavy (non-hydrogen) atoms. The van der Waals surface area contributed by atoms with Crippen molar-refractivity contribution < 1.29 is 9.52 Å². The normalized spacial score (nSPS) is 20.0. The highest BCUT2D eigenvalue weighted by molar-refractivity contribution is 9.10. The molecule has 0 aliphatic carbocycles. The largest absolute Gasteiger partial charge is 0.460 e. The van der Waals surface area contributed by atoms with Gasteiger partial charge in [-0.25, -0.2) is 0 Å². The van der Waals surface area contributed by atoms with E-state index in [0.29, 0.717) is 0 Å². The summed E-state index contributed by atoms with van der Waals surface area (Å²) in [5.41, 5.74) is 1.07. The third-order valence-corrected chi connectivity index (χ3v) is 3.89. The van der Waals surface area contributed by atoms with Gasteiger partial charge in [-0.1, -0.05) is 28.1 Å². The highest BCUT2D eigenvalue weighted by Crippen LogP contribution is 2.26. The molecule has 1 N–H and O–H groups in total. The van der Waals surface area contributed by atoms with Crippen LogP contribution >= 0.6 is 15.9 Å². The Balaban J connectivity index is 1.73. The molecule has 2 aromatic rings. The van der Waals surface area contributed by atoms with E-state index in [0.717, 1.165) is 47.6 Å². The molecule has 3 nitrogen and oxygen atoms in total. The molecule has 3 rings (SSSR count). The number of halogens is 1. The van der Waals surface area contributed by atoms with Crippen LogP contribution in [0.2, 0.25) is 0 Å². The van der Waals surface area contributed by atoms with Crippen molar-refractivity contribution >= 4 is 15.9 Å². The molecule has 2 heterocycles. The summed E-state index contributed by atoms with van der Waals surface area (Å²) >= 11 is 3.47. The van der Waals surface area contributed by atoms with Crippen molar-refractivity contribution in [3.8, 4) is 11.3 Å². The van der Waals surface area contributed by atoms with Gasteiger partial charge in [0, 0.05) is 23.1 Å². The Hall–Kier alpha value is -1.10. The molecule has 0 spiro atoms. The van der Waals surface area contributed by atoms with Gasteiger partial charge < -0.3 is 9.52 Å². The first-order valence-electron chi connectivity index (χ1n) is 6.46. The van der Waals surface area contributed by atoms with Gasteiger partial charge in [-0.3, -0.25) is 4.90 Å². The van der Waals surface area contributed by atoms with E-state index in [1.54, 1.807) is 0 Å². The van der Waals surface area contributed by atoms with E-state index < -0.39 is 0 Å². The van der Waals surface area contributed by atoms with Gasteiger partial charge in [-0.15, -0.1) is 0 Å². The molecule has 1 aromatic carbocycles. The van der Waals surface area contributed by atoms with Crippen molar-refractivity contribution in [2.75, 3.05) is 13.1 Å². The van der Waals surface area contributed by atoms with Gasteiger partial charge in [0.2, 0.25) is 0 Å². The topological polar surface area (TPSA) is 36.6 Å². The number of furan rings is 1. The van der Waals surface area contributed by atoms with E-state index in [1.165, 1.54) is 0 Å². The summed E-state index contributed by atoms with van der Waals surface area (Å²) in [6.45, 7) is 2.45. The average molecular weight is 322 g/mol. The maximum atomic E-state index is 9.51. The minimum atomic E-state index is -0.181. The fraction of sp³-hybridized carbons (Fsp3) is 0.333. The fourth-order valence-corrected chi connectivity index (χ4v) is 2.84. The number of aliphatic hydroxyl groups excluding tert-OH is 1. The number of likely N-dealkylation sites (tertiary alicyclic amines) is 1. The van der Waals surface area contributed by atoms with Gasteiger partial charge in [-0.05, 0) is 30.7 Å². The Bertz CT molecular complexity index is 567. The first-order chi connectivity index (χ1) is 9.20. The van der Waals surface area contributed by atoms with Crippen molar-refractivity contribution in [1.29, 1.82) is 0 Å². The highest BCUT2D eigenvalue weighted by atomic mass is 79.9. The number of hydrogen-bond acceptors (Lipinski definition) is 3. The van der Waals surface area contributed by atoms with Crippen molar-refractivity contribution in [3.63, 3.8) is 0 Å². The predicted octanol–water partition coefficient (Wildman–Crippen LogP) is 3.28. The summed E-state index contributed by atoms with van der Waals surface area (Å²) in [6, 6.07) is 12.1. The molecule has 1 aliphatic rings. The lowest BCUT2D eigenvalue weighted by atomic mass is 10.2. The van der Waals surface area contributed by atoms with Crippen LogP contribution in [0.3, 0.4) is 0 Å². The lowest BCUT2D eigenvalue weighted by Crippen LogP contribution is -2.21. The first-order valence-corrected chi connectivity index (χ1v) is 7.25. The van der Waals surface area contributed by atoms with Crippen molar-refractivity contribution in [1.82, 2.24) is 4.90 Å². The SMILES string of the molecule is O[C@H]1CCN(Cc2ccc(-c3cccc(Br)c3)o2)C1. The summed E-state index contributed by atoms with van der Waals surface area (Å²) in [7, 11) is 0. The van der Waals surface area contributed by atoms with E-state index in [9.17, 15) is 5.11 Å². The minimum Gasteiger partial charge on any atom is -0.460 e. The number of nitrogens with zero attached hydrogens (tertiary/aromatic N) is 1. The second-order valence-electron chi connectivity index (χ2n) is 4.95. The molecule has 0 amide bonds. The summed E-state index contributed by atoms with van der Waals surface area (Å²) in [5, 5.41) is 9.51. The van der Waals surface area contributed by atoms with Gasteiger partial charge in [0.25, 0.3) is 0 Å². The summed E-state index contributed by atoms with van der Waals surface area (Å²) in [6.07, 6.45) is 0.679. The molecule has 1 aromatic heterocycles. The molecular formula is C15H16BrNO2. The van der Waals surface area contributed by atoms with E-state index in [2.05, 4.69) is 20.8 Å². The zero-order valence-electron chi connectivity index (χ0n) is 10.6. The molecular weight excluding hydrogens is 306 g/mol. The Morgan fingerprint density at radius 3 is 2.95 bits per heavy atom. The zero-order chi connectivity index (χ0) is 13.2. The van der Waals surface area contributed by atoms with Crippen LogP contribution in [-0.4, -0.2) is 29.2 Å². The molecule has 0 bridgehead atoms. The lowest BCUT2D eigenvalue weighted by Gasteiger charge is -2.12. The predicted molar refractivity (Wildman–Crippen MR) is 77.7 cm³/mol. The third-order valence-electron chi connectivity index (χ3n) is 3.40. The van der Waals surface area contributed by atoms with Crippen LogP contribution in [0.1, 0.15) is 12.2 Å². The second-order valence-corrected chi connectivity index (χ2v) is 5.87. The van der Waals surface area contributed by atoms with Gasteiger partial charge in [-0.2, -0.15) is 0 Å². The second kappa shape index (κ2) is 5.49. The van der Waals surface area contributed by atoms with Crippen LogP contribution in [0.15, 0.2) is 45.3 Å². The summed E-state index contributed by atoms with van der Waals surface area (Å²) in [5.74, 6) is 1.83. The Labute approximate surface area is 121 Å². The van der Waals surface area contributed by atoms with Crippen molar-refractivity contribution in [3.05, 3.63) is 46.6 Å². The van der Waals surface area contributed by atoms with Crippen LogP contribution in [0.4, 0.5) is 0 Å². The minimum absolute atomic E-state index is 0.181. The molecule has 1 saturated heterocycles. The number of aliphatic hydroxyl groups is 1. The van der Waals surface area contributed by atoms with Crippen molar-refractivity contribution in [2.24, 2.45) is 0 Å². The van der Waals surface area contributed by atoms with Crippen LogP contribution in [-0.2, 0) is 6.54 Å². The Morgan fingerprint density at radius 2 is 2.21 bits per heavy atom. The molecule has 0 saturated carbocycles. The van der Waals surface area contributed by atoms with E-state index in [-0.39, 0.29) is 6.10 Å². The third kappa shape index (κ3) is 3.08. The van der Waals surface area contributed by atoms with Crippen LogP contribution in [0.5, 0.6) is 0 Å². The van der Waals surface area contributed by atoms with Crippen LogP contribution < -0.4 is 0 Å². The monoisotopic (exact) mass is 321 g/mol. The van der Waals surface area contributed by atoms with Gasteiger partial charge in [0.05, 0.1) is 12.6 Å². The highest BCUT2D eigenvalue weighted by Gasteiger charge is 2.21. The maximum Gasteiger partial charge on any atom is 0.134 e. The number of benzene rings is 1. The van der Waals surface area contributed by atoms with E-state index >= 15 is 0 Å². The van der Waals surface area contributed by atoms with Crippen molar-refractivity contribution in [2.45, 2.75) is 19.1 Å². The summed E-state index contributed by atoms with van der Waals surface area (Å²) < 4.78 is 6.92. The van der Waals surface area contributed by atoms with Gasteiger partial charge >= 0.3 is 0 Å². The van der Waals surface area contributed by atoms with Gasteiger partial charge in [0.1, 0.15) is 11.5 Å². The molecule has 1 fully saturated rings. The first kappa shape index (κ1) is 12.9. The number of rotatable bonds is 3. The standard InChI is InChI=1S/C15H16BrNO2/c16-12-3-1-2-11(8-12)15-5-4-14(19-15)10-17-7-6-13(18)9-17/h1-5,8,13,18H,6-7,9-10H2/t13-/m0/s1. The lowest BCUT2D eigenvalue weighted by molar-refractivity contribution is 0.172. The maximum absolute atomic E-state index is 9.51. The molecule has 1 atom stereocenters. The molecule has 0 radical (unpaired) electrons. The Morgan fingerprint density at radius 1 is 1.32 bits per heavy atom. The molecule has 4 heteroatoms. The zero-order valence-corrected chi connectivity index (χ0v) is 12.1. The van der Waals surface area contributed by atoms with E-state index in [4.69, 9.17) is 4.42 Å². The quantitative estimate of drug-likeness (QED) is 0.942. The molecule has 1 aliphatic heterocycles. The number of β-amino-alcohol motifs (C(OH)–C–C–N with tert-alkyl or cyclic N) is 1. The van der Waals surface area contributed by atoms with Gasteiger partial charge in [0.15, 0.2) is 0 Å². The molecule has 100 valence electrons. The smallest absolute Gasteiger partial charge is 0.134 e. The van der Waals surface area contributed by atoms with Crippen LogP contribution in [0.25, 0.3) is 11.3 Å². The Kier molecular flexibility index (Phi) is 3.73.